The van der Waals surface area contributed by atoms with E-state index in [0.29, 0.717) is 17.1 Å². The minimum Gasteiger partial charge on any atom is -0.464 e. The summed E-state index contributed by atoms with van der Waals surface area (Å²) in [5.74, 6) is 1.79. The van der Waals surface area contributed by atoms with Gasteiger partial charge in [0, 0.05) is 18.3 Å². The van der Waals surface area contributed by atoms with Crippen LogP contribution < -0.4 is 4.90 Å². The summed E-state index contributed by atoms with van der Waals surface area (Å²) in [4.78, 5) is 12.7. The molecule has 0 aliphatic heterocycles. The number of benzene rings is 1. The maximum Gasteiger partial charge on any atom is 0.151 e. The molecule has 2 rings (SSSR count). The van der Waals surface area contributed by atoms with Gasteiger partial charge in [-0.1, -0.05) is 11.6 Å². The van der Waals surface area contributed by atoms with E-state index in [0.717, 1.165) is 23.5 Å². The fourth-order valence-corrected chi connectivity index (χ4v) is 1.96. The molecule has 1 aromatic heterocycles. The molecular formula is C14H14ClNO2. The summed E-state index contributed by atoms with van der Waals surface area (Å²) in [6, 6.07) is 9.25. The number of hydrogen-bond acceptors (Lipinski definition) is 3. The number of furan rings is 1. The SMILES string of the molecule is Cc1ccc(CN(C)c2ccc(C=O)c(Cl)c2)o1. The Hall–Kier alpha value is -1.74. The summed E-state index contributed by atoms with van der Waals surface area (Å²) in [5, 5.41) is 0.463. The predicted octanol–water partition coefficient (Wildman–Crippen LogP) is 3.69. The van der Waals surface area contributed by atoms with Crippen LogP contribution >= 0.6 is 11.6 Å². The number of rotatable bonds is 4. The summed E-state index contributed by atoms with van der Waals surface area (Å²) >= 11 is 6.00. The smallest absolute Gasteiger partial charge is 0.151 e. The molecule has 0 spiro atoms. The summed E-state index contributed by atoms with van der Waals surface area (Å²) < 4.78 is 5.52. The molecule has 0 radical (unpaired) electrons. The normalized spacial score (nSPS) is 10.4. The maximum absolute atomic E-state index is 10.7. The summed E-state index contributed by atoms with van der Waals surface area (Å²) in [6.07, 6.45) is 0.752. The van der Waals surface area contributed by atoms with Crippen LogP contribution in [0, 0.1) is 6.92 Å². The van der Waals surface area contributed by atoms with Crippen molar-refractivity contribution in [3.63, 3.8) is 0 Å². The average molecular weight is 264 g/mol. The molecule has 0 amide bonds. The van der Waals surface area contributed by atoms with E-state index in [9.17, 15) is 4.79 Å². The lowest BCUT2D eigenvalue weighted by Gasteiger charge is -2.18. The molecule has 1 heterocycles. The summed E-state index contributed by atoms with van der Waals surface area (Å²) in [5.41, 5.74) is 1.45. The van der Waals surface area contributed by atoms with E-state index >= 15 is 0 Å². The molecule has 0 atom stereocenters. The Morgan fingerprint density at radius 2 is 2.11 bits per heavy atom. The number of aldehydes is 1. The van der Waals surface area contributed by atoms with Crippen LogP contribution in [0.1, 0.15) is 21.9 Å². The second kappa shape index (κ2) is 5.27. The average Bonchev–Trinajstić information content (AvgIpc) is 2.74. The molecule has 0 aliphatic rings. The van der Waals surface area contributed by atoms with Crippen molar-refractivity contribution in [2.24, 2.45) is 0 Å². The van der Waals surface area contributed by atoms with Crippen molar-refractivity contribution < 1.29 is 9.21 Å². The first-order valence-corrected chi connectivity index (χ1v) is 5.99. The highest BCUT2D eigenvalue weighted by Crippen LogP contribution is 2.23. The second-order valence-corrected chi connectivity index (χ2v) is 4.60. The number of carbonyl (C=O) groups excluding carboxylic acids is 1. The number of anilines is 1. The topological polar surface area (TPSA) is 33.5 Å². The van der Waals surface area contributed by atoms with Gasteiger partial charge >= 0.3 is 0 Å². The van der Waals surface area contributed by atoms with Gasteiger partial charge in [0.05, 0.1) is 11.6 Å². The molecule has 2 aromatic rings. The van der Waals surface area contributed by atoms with Crippen molar-refractivity contribution in [1.82, 2.24) is 0 Å². The molecule has 0 saturated carbocycles. The Kier molecular flexibility index (Phi) is 3.72. The number of nitrogens with zero attached hydrogens (tertiary/aromatic N) is 1. The van der Waals surface area contributed by atoms with Gasteiger partial charge in [0.25, 0.3) is 0 Å². The largest absolute Gasteiger partial charge is 0.464 e. The lowest BCUT2D eigenvalue weighted by atomic mass is 10.2. The lowest BCUT2D eigenvalue weighted by Crippen LogP contribution is -2.15. The molecule has 0 N–H and O–H groups in total. The standard InChI is InChI=1S/C14H14ClNO2/c1-10-3-6-13(18-10)8-16(2)12-5-4-11(9-17)14(15)7-12/h3-7,9H,8H2,1-2H3. The zero-order valence-corrected chi connectivity index (χ0v) is 11.1. The van der Waals surface area contributed by atoms with E-state index in [1.807, 2.05) is 37.1 Å². The van der Waals surface area contributed by atoms with Crippen LogP contribution in [0.4, 0.5) is 5.69 Å². The monoisotopic (exact) mass is 263 g/mol. The van der Waals surface area contributed by atoms with Gasteiger partial charge in [-0.3, -0.25) is 4.79 Å². The van der Waals surface area contributed by atoms with E-state index < -0.39 is 0 Å². The predicted molar refractivity (Wildman–Crippen MR) is 72.4 cm³/mol. The first kappa shape index (κ1) is 12.7. The number of hydrogen-bond donors (Lipinski definition) is 0. The van der Waals surface area contributed by atoms with Crippen molar-refractivity contribution in [1.29, 1.82) is 0 Å². The third kappa shape index (κ3) is 2.74. The molecule has 0 bridgehead atoms. The Labute approximate surface area is 111 Å². The van der Waals surface area contributed by atoms with E-state index in [-0.39, 0.29) is 0 Å². The maximum atomic E-state index is 10.7. The molecule has 18 heavy (non-hydrogen) atoms. The molecule has 0 fully saturated rings. The summed E-state index contributed by atoms with van der Waals surface area (Å²) in [7, 11) is 1.95. The van der Waals surface area contributed by atoms with Gasteiger partial charge in [0.1, 0.15) is 11.5 Å². The number of halogens is 1. The number of aryl methyl sites for hydroxylation is 1. The fourth-order valence-electron chi connectivity index (χ4n) is 1.74. The Morgan fingerprint density at radius 3 is 2.67 bits per heavy atom. The minimum absolute atomic E-state index is 0.463. The highest BCUT2D eigenvalue weighted by Gasteiger charge is 2.07. The van der Waals surface area contributed by atoms with Crippen LogP contribution in [0.25, 0.3) is 0 Å². The quantitative estimate of drug-likeness (QED) is 0.789. The molecule has 0 unspecified atom stereocenters. The third-order valence-electron chi connectivity index (χ3n) is 2.74. The van der Waals surface area contributed by atoms with Gasteiger partial charge < -0.3 is 9.32 Å². The van der Waals surface area contributed by atoms with Crippen molar-refractivity contribution in [2.45, 2.75) is 13.5 Å². The first-order chi connectivity index (χ1) is 8.60. The van der Waals surface area contributed by atoms with Crippen LogP contribution in [0.15, 0.2) is 34.7 Å². The molecule has 0 aliphatic carbocycles. The van der Waals surface area contributed by atoms with E-state index in [4.69, 9.17) is 16.0 Å². The van der Waals surface area contributed by atoms with Crippen molar-refractivity contribution in [3.05, 3.63) is 52.4 Å². The molecule has 4 heteroatoms. The molecule has 94 valence electrons. The molecule has 3 nitrogen and oxygen atoms in total. The van der Waals surface area contributed by atoms with Crippen molar-refractivity contribution in [3.8, 4) is 0 Å². The van der Waals surface area contributed by atoms with Gasteiger partial charge in [0.2, 0.25) is 0 Å². The Balaban J connectivity index is 2.16. The van der Waals surface area contributed by atoms with E-state index in [2.05, 4.69) is 0 Å². The minimum atomic E-state index is 0.463. The van der Waals surface area contributed by atoms with Crippen molar-refractivity contribution >= 4 is 23.6 Å². The Morgan fingerprint density at radius 1 is 1.33 bits per heavy atom. The third-order valence-corrected chi connectivity index (χ3v) is 3.07. The van der Waals surface area contributed by atoms with Gasteiger partial charge in [-0.25, -0.2) is 0 Å². The van der Waals surface area contributed by atoms with Gasteiger partial charge in [0.15, 0.2) is 6.29 Å². The Bertz CT molecular complexity index is 563. The van der Waals surface area contributed by atoms with Gasteiger partial charge in [-0.15, -0.1) is 0 Å². The zero-order chi connectivity index (χ0) is 13.1. The highest BCUT2D eigenvalue weighted by atomic mass is 35.5. The van der Waals surface area contributed by atoms with Gasteiger partial charge in [-0.2, -0.15) is 0 Å². The first-order valence-electron chi connectivity index (χ1n) is 5.61. The van der Waals surface area contributed by atoms with E-state index in [1.54, 1.807) is 12.1 Å². The zero-order valence-electron chi connectivity index (χ0n) is 10.3. The van der Waals surface area contributed by atoms with Crippen LogP contribution in [0.3, 0.4) is 0 Å². The molecule has 0 saturated heterocycles. The van der Waals surface area contributed by atoms with Gasteiger partial charge in [-0.05, 0) is 37.3 Å². The lowest BCUT2D eigenvalue weighted by molar-refractivity contribution is 0.112. The second-order valence-electron chi connectivity index (χ2n) is 4.19. The highest BCUT2D eigenvalue weighted by molar-refractivity contribution is 6.33. The molecular weight excluding hydrogens is 250 g/mol. The van der Waals surface area contributed by atoms with Crippen LogP contribution in [0.2, 0.25) is 5.02 Å². The van der Waals surface area contributed by atoms with E-state index in [1.165, 1.54) is 0 Å². The molecule has 1 aromatic carbocycles. The van der Waals surface area contributed by atoms with Crippen LogP contribution in [-0.2, 0) is 6.54 Å². The fraction of sp³-hybridized carbons (Fsp3) is 0.214. The van der Waals surface area contributed by atoms with Crippen LogP contribution in [0.5, 0.6) is 0 Å². The van der Waals surface area contributed by atoms with Crippen molar-refractivity contribution in [2.75, 3.05) is 11.9 Å². The summed E-state index contributed by atoms with van der Waals surface area (Å²) in [6.45, 7) is 2.57. The van der Waals surface area contributed by atoms with Crippen LogP contribution in [-0.4, -0.2) is 13.3 Å². The number of carbonyl (C=O) groups is 1.